The molecule has 3 rings (SSSR count). The van der Waals surface area contributed by atoms with Crippen LogP contribution < -0.4 is 10.3 Å². The number of fused-ring (bicyclic) bond motifs is 1. The summed E-state index contributed by atoms with van der Waals surface area (Å²) in [6, 6.07) is 7.53. The Hall–Kier alpha value is -1.97. The fraction of sp³-hybridized carbons (Fsp3) is 0.357. The SMILES string of the molecule is COc1cccc(-n2[nH]c3c(c2=O)CCCC3)c1. The van der Waals surface area contributed by atoms with Crippen LogP contribution in [0.25, 0.3) is 5.69 Å². The van der Waals surface area contributed by atoms with Crippen molar-refractivity contribution in [2.75, 3.05) is 7.11 Å². The lowest BCUT2D eigenvalue weighted by Gasteiger charge is -2.07. The molecule has 18 heavy (non-hydrogen) atoms. The van der Waals surface area contributed by atoms with Gasteiger partial charge in [0.1, 0.15) is 5.75 Å². The Balaban J connectivity index is 2.11. The van der Waals surface area contributed by atoms with Crippen LogP contribution in [0.5, 0.6) is 5.75 Å². The Morgan fingerprint density at radius 1 is 1.28 bits per heavy atom. The van der Waals surface area contributed by atoms with Gasteiger partial charge in [-0.15, -0.1) is 0 Å². The van der Waals surface area contributed by atoms with Gasteiger partial charge in [-0.2, -0.15) is 0 Å². The van der Waals surface area contributed by atoms with Crippen LogP contribution in [0.3, 0.4) is 0 Å². The van der Waals surface area contributed by atoms with E-state index in [1.165, 1.54) is 0 Å². The van der Waals surface area contributed by atoms with Crippen LogP contribution in [0.1, 0.15) is 24.1 Å². The van der Waals surface area contributed by atoms with Crippen LogP contribution in [0.2, 0.25) is 0 Å². The Morgan fingerprint density at radius 2 is 2.11 bits per heavy atom. The number of aryl methyl sites for hydroxylation is 1. The molecule has 1 aliphatic carbocycles. The van der Waals surface area contributed by atoms with Crippen LogP contribution in [-0.2, 0) is 12.8 Å². The van der Waals surface area contributed by atoms with Crippen molar-refractivity contribution in [2.45, 2.75) is 25.7 Å². The number of hydrogen-bond donors (Lipinski definition) is 1. The quantitative estimate of drug-likeness (QED) is 0.879. The van der Waals surface area contributed by atoms with Gasteiger partial charge in [-0.25, -0.2) is 4.68 Å². The second kappa shape index (κ2) is 4.37. The largest absolute Gasteiger partial charge is 0.497 e. The van der Waals surface area contributed by atoms with E-state index in [1.54, 1.807) is 11.8 Å². The highest BCUT2D eigenvalue weighted by Crippen LogP contribution is 2.19. The van der Waals surface area contributed by atoms with E-state index in [2.05, 4.69) is 5.10 Å². The third-order valence-electron chi connectivity index (χ3n) is 3.49. The van der Waals surface area contributed by atoms with E-state index in [0.29, 0.717) is 0 Å². The summed E-state index contributed by atoms with van der Waals surface area (Å²) in [5, 5.41) is 3.22. The topological polar surface area (TPSA) is 47.0 Å². The van der Waals surface area contributed by atoms with Gasteiger partial charge in [0.25, 0.3) is 5.56 Å². The minimum absolute atomic E-state index is 0.0814. The second-order valence-corrected chi connectivity index (χ2v) is 4.62. The third-order valence-corrected chi connectivity index (χ3v) is 3.49. The molecule has 0 atom stereocenters. The number of H-pyrrole nitrogens is 1. The molecule has 0 radical (unpaired) electrons. The predicted molar refractivity (Wildman–Crippen MR) is 69.6 cm³/mol. The third kappa shape index (κ3) is 1.74. The van der Waals surface area contributed by atoms with Crippen molar-refractivity contribution >= 4 is 0 Å². The van der Waals surface area contributed by atoms with Gasteiger partial charge in [0.2, 0.25) is 0 Å². The standard InChI is InChI=1S/C14H16N2O2/c1-18-11-6-4-5-10(9-11)16-14(17)12-7-2-3-8-13(12)15-16/h4-6,9,15H,2-3,7-8H2,1H3. The number of rotatable bonds is 2. The van der Waals surface area contributed by atoms with Crippen molar-refractivity contribution in [3.63, 3.8) is 0 Å². The molecule has 0 saturated carbocycles. The number of ether oxygens (including phenoxy) is 1. The Morgan fingerprint density at radius 3 is 2.89 bits per heavy atom. The van der Waals surface area contributed by atoms with E-state index in [1.807, 2.05) is 24.3 Å². The van der Waals surface area contributed by atoms with Crippen LogP contribution >= 0.6 is 0 Å². The minimum Gasteiger partial charge on any atom is -0.497 e. The first kappa shape index (κ1) is 11.1. The van der Waals surface area contributed by atoms with Gasteiger partial charge < -0.3 is 4.74 Å². The highest BCUT2D eigenvalue weighted by Gasteiger charge is 2.18. The van der Waals surface area contributed by atoms with Crippen molar-refractivity contribution < 1.29 is 4.74 Å². The number of nitrogens with one attached hydrogen (secondary N) is 1. The van der Waals surface area contributed by atoms with Gasteiger partial charge in [0.15, 0.2) is 0 Å². The van der Waals surface area contributed by atoms with Gasteiger partial charge in [-0.05, 0) is 37.8 Å². The Bertz CT molecular complexity index is 625. The summed E-state index contributed by atoms with van der Waals surface area (Å²) in [7, 11) is 1.63. The molecule has 0 saturated heterocycles. The molecule has 1 aliphatic rings. The van der Waals surface area contributed by atoms with Crippen LogP contribution in [-0.4, -0.2) is 16.9 Å². The molecular weight excluding hydrogens is 228 g/mol. The van der Waals surface area contributed by atoms with Crippen LogP contribution in [0.4, 0.5) is 0 Å². The molecule has 94 valence electrons. The van der Waals surface area contributed by atoms with Gasteiger partial charge in [-0.3, -0.25) is 9.89 Å². The Labute approximate surface area is 105 Å². The van der Waals surface area contributed by atoms with Crippen molar-refractivity contribution in [1.29, 1.82) is 0 Å². The molecular formula is C14H16N2O2. The summed E-state index contributed by atoms with van der Waals surface area (Å²) in [6.45, 7) is 0. The molecule has 0 fully saturated rings. The van der Waals surface area contributed by atoms with Crippen LogP contribution in [0, 0.1) is 0 Å². The van der Waals surface area contributed by atoms with Gasteiger partial charge in [0.05, 0.1) is 12.8 Å². The highest BCUT2D eigenvalue weighted by atomic mass is 16.5. The zero-order valence-corrected chi connectivity index (χ0v) is 10.4. The first-order valence-corrected chi connectivity index (χ1v) is 6.27. The summed E-state index contributed by atoms with van der Waals surface area (Å²) >= 11 is 0. The molecule has 1 N–H and O–H groups in total. The predicted octanol–water partition coefficient (Wildman–Crippen LogP) is 2.05. The average molecular weight is 244 g/mol. The molecule has 0 spiro atoms. The molecule has 0 aliphatic heterocycles. The van der Waals surface area contributed by atoms with E-state index < -0.39 is 0 Å². The number of methoxy groups -OCH3 is 1. The summed E-state index contributed by atoms with van der Waals surface area (Å²) in [5.41, 5.74) is 2.95. The zero-order valence-electron chi connectivity index (χ0n) is 10.4. The van der Waals surface area contributed by atoms with E-state index in [-0.39, 0.29) is 5.56 Å². The molecule has 0 unspecified atom stereocenters. The lowest BCUT2D eigenvalue weighted by Crippen LogP contribution is -2.18. The zero-order chi connectivity index (χ0) is 12.5. The second-order valence-electron chi connectivity index (χ2n) is 4.62. The highest BCUT2D eigenvalue weighted by molar-refractivity contribution is 5.39. The summed E-state index contributed by atoms with van der Waals surface area (Å²) < 4.78 is 6.81. The van der Waals surface area contributed by atoms with Crippen molar-refractivity contribution in [2.24, 2.45) is 0 Å². The summed E-state index contributed by atoms with van der Waals surface area (Å²) in [6.07, 6.45) is 4.13. The van der Waals surface area contributed by atoms with Crippen molar-refractivity contribution in [1.82, 2.24) is 9.78 Å². The summed E-state index contributed by atoms with van der Waals surface area (Å²) in [4.78, 5) is 12.3. The molecule has 4 heteroatoms. The van der Waals surface area contributed by atoms with Gasteiger partial charge in [-0.1, -0.05) is 6.07 Å². The van der Waals surface area contributed by atoms with Gasteiger partial charge >= 0.3 is 0 Å². The number of benzene rings is 1. The Kier molecular flexibility index (Phi) is 2.70. The van der Waals surface area contributed by atoms with Crippen molar-refractivity contribution in [3.8, 4) is 11.4 Å². The normalized spacial score (nSPS) is 14.3. The van der Waals surface area contributed by atoms with E-state index in [0.717, 1.165) is 48.4 Å². The molecule has 0 amide bonds. The molecule has 0 bridgehead atoms. The smallest absolute Gasteiger partial charge is 0.274 e. The fourth-order valence-corrected chi connectivity index (χ4v) is 2.52. The molecule has 4 nitrogen and oxygen atoms in total. The maximum atomic E-state index is 12.3. The first-order valence-electron chi connectivity index (χ1n) is 6.27. The van der Waals surface area contributed by atoms with Crippen LogP contribution in [0.15, 0.2) is 29.1 Å². The maximum absolute atomic E-state index is 12.3. The van der Waals surface area contributed by atoms with E-state index in [9.17, 15) is 4.79 Å². The van der Waals surface area contributed by atoms with Crippen molar-refractivity contribution in [3.05, 3.63) is 45.9 Å². The molecule has 1 heterocycles. The summed E-state index contributed by atoms with van der Waals surface area (Å²) in [5.74, 6) is 0.756. The lowest BCUT2D eigenvalue weighted by molar-refractivity contribution is 0.414. The average Bonchev–Trinajstić information content (AvgIpc) is 2.77. The minimum atomic E-state index is 0.0814. The number of nitrogens with zero attached hydrogens (tertiary/aromatic N) is 1. The maximum Gasteiger partial charge on any atom is 0.274 e. The number of aromatic amines is 1. The number of aromatic nitrogens is 2. The van der Waals surface area contributed by atoms with E-state index >= 15 is 0 Å². The first-order chi connectivity index (χ1) is 8.79. The molecule has 1 aromatic heterocycles. The monoisotopic (exact) mass is 244 g/mol. The molecule has 1 aromatic carbocycles. The fourth-order valence-electron chi connectivity index (χ4n) is 2.52. The molecule has 2 aromatic rings. The van der Waals surface area contributed by atoms with E-state index in [4.69, 9.17) is 4.74 Å². The lowest BCUT2D eigenvalue weighted by atomic mass is 9.98. The van der Waals surface area contributed by atoms with Gasteiger partial charge in [0, 0.05) is 17.3 Å². The number of hydrogen-bond acceptors (Lipinski definition) is 2.